The van der Waals surface area contributed by atoms with E-state index in [9.17, 15) is 0 Å². The van der Waals surface area contributed by atoms with Gasteiger partial charge in [-0.15, -0.1) is 41.3 Å². The summed E-state index contributed by atoms with van der Waals surface area (Å²) in [5, 5.41) is 7.55. The normalized spacial score (nSPS) is 16.0. The van der Waals surface area contributed by atoms with Gasteiger partial charge >= 0.3 is 21.1 Å². The SMILES string of the molecule is CCCCc1ccnc(-n2c3[c-]c(Oc4[c-]c(-n5nc(C)c(C6C(C)=CCC[C@@H]6C)c5CCCC)cc(C(C)C)c4)ccc3c3ccccc32)c1.[Pt+2]. The van der Waals surface area contributed by atoms with Crippen molar-refractivity contribution in [2.75, 3.05) is 0 Å². The van der Waals surface area contributed by atoms with E-state index in [2.05, 4.69) is 131 Å². The molecule has 0 fully saturated rings. The number of ether oxygens (including phenoxy) is 1. The van der Waals surface area contributed by atoms with Crippen molar-refractivity contribution < 1.29 is 25.8 Å². The van der Waals surface area contributed by atoms with E-state index in [4.69, 9.17) is 14.8 Å². The van der Waals surface area contributed by atoms with Crippen molar-refractivity contribution in [2.45, 2.75) is 112 Å². The third kappa shape index (κ3) is 7.44. The Balaban J connectivity index is 0.00000464. The number of aromatic nitrogens is 4. The number of para-hydroxylation sites is 1. The Morgan fingerprint density at radius 3 is 2.46 bits per heavy atom. The van der Waals surface area contributed by atoms with Crippen LogP contribution in [0.4, 0.5) is 0 Å². The van der Waals surface area contributed by atoms with E-state index in [0.717, 1.165) is 78.6 Å². The van der Waals surface area contributed by atoms with Gasteiger partial charge in [-0.05, 0) is 99.0 Å². The molecule has 272 valence electrons. The number of allylic oxidation sites excluding steroid dienone is 2. The fourth-order valence-corrected chi connectivity index (χ4v) is 8.07. The van der Waals surface area contributed by atoms with Crippen LogP contribution >= 0.6 is 0 Å². The quantitative estimate of drug-likeness (QED) is 0.0909. The predicted octanol–water partition coefficient (Wildman–Crippen LogP) is 12.3. The Bertz CT molecular complexity index is 2210. The number of unbranched alkanes of at least 4 members (excludes halogenated alkanes) is 2. The molecule has 0 bridgehead atoms. The van der Waals surface area contributed by atoms with Crippen LogP contribution in [0.5, 0.6) is 11.5 Å². The van der Waals surface area contributed by atoms with Crippen LogP contribution in [0, 0.1) is 25.0 Å². The van der Waals surface area contributed by atoms with Gasteiger partial charge in [0.1, 0.15) is 5.82 Å². The summed E-state index contributed by atoms with van der Waals surface area (Å²) in [6, 6.07) is 28.8. The van der Waals surface area contributed by atoms with E-state index in [1.807, 2.05) is 12.3 Å². The van der Waals surface area contributed by atoms with Crippen LogP contribution in [0.2, 0.25) is 0 Å². The summed E-state index contributed by atoms with van der Waals surface area (Å²) >= 11 is 0. The molecule has 1 unspecified atom stereocenters. The summed E-state index contributed by atoms with van der Waals surface area (Å²) in [6.45, 7) is 15.9. The maximum Gasteiger partial charge on any atom is 2.00 e. The van der Waals surface area contributed by atoms with E-state index in [-0.39, 0.29) is 21.1 Å². The van der Waals surface area contributed by atoms with Gasteiger partial charge in [0, 0.05) is 40.4 Å². The Labute approximate surface area is 324 Å². The standard InChI is InChI=1S/C46H52N4O.Pt/c1-8-10-17-34-23-24-47-44(25-34)49-41-20-13-12-18-39(41)40-22-21-37(29-43(40)49)51-38-27-35(30(3)4)26-36(28-38)50-42(19-11-9-2)46(33(7)48-50)45-31(5)15-14-16-32(45)6;/h12-13,15,18,20-27,30,32,45H,8-11,14,16-17,19H2,1-7H3;/q-2;+2/t32-,45?;/m0./s1. The molecule has 3 aromatic carbocycles. The molecular formula is C46H52N4OPt. The largest absolute Gasteiger partial charge is 2.00 e. The monoisotopic (exact) mass is 871 g/mol. The van der Waals surface area contributed by atoms with Crippen LogP contribution in [-0.2, 0) is 33.9 Å². The smallest absolute Gasteiger partial charge is 0.509 e. The summed E-state index contributed by atoms with van der Waals surface area (Å²) in [6.07, 6.45) is 13.4. The summed E-state index contributed by atoms with van der Waals surface area (Å²) in [4.78, 5) is 4.84. The van der Waals surface area contributed by atoms with Gasteiger partial charge in [0.15, 0.2) is 0 Å². The molecule has 3 heterocycles. The molecule has 52 heavy (non-hydrogen) atoms. The minimum absolute atomic E-state index is 0. The number of pyridine rings is 1. The number of rotatable bonds is 12. The predicted molar refractivity (Wildman–Crippen MR) is 211 cm³/mol. The molecule has 1 aliphatic rings. The van der Waals surface area contributed by atoms with Crippen molar-refractivity contribution in [3.63, 3.8) is 0 Å². The number of fused-ring (bicyclic) bond motifs is 3. The zero-order chi connectivity index (χ0) is 35.6. The molecule has 7 rings (SSSR count). The van der Waals surface area contributed by atoms with E-state index in [1.54, 1.807) is 0 Å². The molecule has 2 atom stereocenters. The molecule has 0 radical (unpaired) electrons. The number of nitrogens with zero attached hydrogens (tertiary/aromatic N) is 4. The molecule has 1 aliphatic carbocycles. The van der Waals surface area contributed by atoms with Crippen LogP contribution in [-0.4, -0.2) is 19.3 Å². The molecule has 0 N–H and O–H groups in total. The summed E-state index contributed by atoms with van der Waals surface area (Å²) in [7, 11) is 0. The number of aryl methyl sites for hydroxylation is 2. The van der Waals surface area contributed by atoms with Crippen LogP contribution in [0.25, 0.3) is 33.3 Å². The van der Waals surface area contributed by atoms with Gasteiger partial charge in [0.05, 0.1) is 5.69 Å². The van der Waals surface area contributed by atoms with Gasteiger partial charge in [0.25, 0.3) is 0 Å². The second kappa shape index (κ2) is 16.4. The number of hydrogen-bond donors (Lipinski definition) is 0. The Hall–Kier alpha value is -3.95. The fraction of sp³-hybridized carbons (Fsp3) is 0.391. The van der Waals surface area contributed by atoms with Crippen molar-refractivity contribution >= 4 is 21.8 Å². The molecule has 6 heteroatoms. The van der Waals surface area contributed by atoms with Crippen LogP contribution < -0.4 is 4.74 Å². The van der Waals surface area contributed by atoms with Gasteiger partial charge in [-0.25, -0.2) is 4.98 Å². The van der Waals surface area contributed by atoms with Crippen LogP contribution in [0.15, 0.2) is 78.5 Å². The first-order valence-electron chi connectivity index (χ1n) is 19.2. The average Bonchev–Trinajstić information content (AvgIpc) is 3.63. The summed E-state index contributed by atoms with van der Waals surface area (Å²) in [5.74, 6) is 3.52. The Morgan fingerprint density at radius 1 is 0.904 bits per heavy atom. The Morgan fingerprint density at radius 2 is 1.69 bits per heavy atom. The topological polar surface area (TPSA) is 44.9 Å². The molecule has 5 nitrogen and oxygen atoms in total. The van der Waals surface area contributed by atoms with Crippen molar-refractivity contribution in [2.24, 2.45) is 5.92 Å². The minimum Gasteiger partial charge on any atom is -0.509 e. The fourth-order valence-electron chi connectivity index (χ4n) is 8.07. The first kappa shape index (κ1) is 37.8. The molecule has 0 saturated heterocycles. The molecule has 6 aromatic rings. The van der Waals surface area contributed by atoms with E-state index < -0.39 is 0 Å². The maximum absolute atomic E-state index is 6.72. The van der Waals surface area contributed by atoms with Crippen LogP contribution in [0.3, 0.4) is 0 Å². The van der Waals surface area contributed by atoms with Crippen molar-refractivity contribution in [1.82, 2.24) is 19.3 Å². The van der Waals surface area contributed by atoms with Gasteiger partial charge in [-0.3, -0.25) is 4.68 Å². The zero-order valence-electron chi connectivity index (χ0n) is 31.8. The Kier molecular flexibility index (Phi) is 11.9. The average molecular weight is 872 g/mol. The zero-order valence-corrected chi connectivity index (χ0v) is 34.1. The molecular weight excluding hydrogens is 820 g/mol. The molecule has 0 saturated carbocycles. The number of hydrogen-bond acceptors (Lipinski definition) is 3. The molecule has 0 amide bonds. The van der Waals surface area contributed by atoms with Gasteiger partial charge in [-0.2, -0.15) is 11.2 Å². The summed E-state index contributed by atoms with van der Waals surface area (Å²) < 4.78 is 11.1. The summed E-state index contributed by atoms with van der Waals surface area (Å²) in [5.41, 5.74) is 10.8. The minimum atomic E-state index is 0. The molecule has 3 aromatic heterocycles. The van der Waals surface area contributed by atoms with E-state index in [0.29, 0.717) is 29.3 Å². The van der Waals surface area contributed by atoms with E-state index in [1.165, 1.54) is 39.8 Å². The van der Waals surface area contributed by atoms with Gasteiger partial charge in [0.2, 0.25) is 0 Å². The maximum atomic E-state index is 6.72. The van der Waals surface area contributed by atoms with Crippen molar-refractivity contribution in [3.05, 3.63) is 119 Å². The first-order valence-corrected chi connectivity index (χ1v) is 19.2. The van der Waals surface area contributed by atoms with Crippen LogP contribution in [0.1, 0.15) is 120 Å². The number of benzene rings is 3. The van der Waals surface area contributed by atoms with Crippen molar-refractivity contribution in [3.8, 4) is 23.0 Å². The third-order valence-electron chi connectivity index (χ3n) is 10.8. The molecule has 0 aliphatic heterocycles. The van der Waals surface area contributed by atoms with Gasteiger partial charge < -0.3 is 9.30 Å². The first-order chi connectivity index (χ1) is 24.8. The third-order valence-corrected chi connectivity index (χ3v) is 10.8. The van der Waals surface area contributed by atoms with Gasteiger partial charge in [-0.1, -0.05) is 82.8 Å². The second-order valence-corrected chi connectivity index (χ2v) is 14.9. The second-order valence-electron chi connectivity index (χ2n) is 14.9. The molecule has 0 spiro atoms. The van der Waals surface area contributed by atoms with E-state index >= 15 is 0 Å². The van der Waals surface area contributed by atoms with Crippen molar-refractivity contribution in [1.29, 1.82) is 0 Å².